The van der Waals surface area contributed by atoms with E-state index < -0.39 is 11.6 Å². The summed E-state index contributed by atoms with van der Waals surface area (Å²) in [5, 5.41) is 9.31. The van der Waals surface area contributed by atoms with Crippen molar-refractivity contribution in [2.24, 2.45) is 5.92 Å². The molecule has 1 N–H and O–H groups in total. The van der Waals surface area contributed by atoms with E-state index in [0.29, 0.717) is 17.7 Å². The second-order valence-electron chi connectivity index (χ2n) is 5.32. The highest BCUT2D eigenvalue weighted by atomic mass is 16.5. The van der Waals surface area contributed by atoms with Gasteiger partial charge in [-0.25, -0.2) is 4.79 Å². The maximum Gasteiger partial charge on any atom is 0.347 e. The summed E-state index contributed by atoms with van der Waals surface area (Å²) >= 11 is 0. The molecule has 104 valence electrons. The first-order valence-corrected chi connectivity index (χ1v) is 6.28. The van der Waals surface area contributed by atoms with Crippen molar-refractivity contribution in [1.82, 2.24) is 0 Å². The average molecular weight is 264 g/mol. The number of hydrogen-bond acceptors (Lipinski definition) is 3. The lowest BCUT2D eigenvalue weighted by Crippen LogP contribution is -2.42. The zero-order valence-corrected chi connectivity index (χ0v) is 11.8. The van der Waals surface area contributed by atoms with Gasteiger partial charge in [-0.15, -0.1) is 0 Å². The summed E-state index contributed by atoms with van der Waals surface area (Å²) in [5.41, 5.74) is -0.681. The van der Waals surface area contributed by atoms with Crippen molar-refractivity contribution in [2.45, 2.75) is 39.7 Å². The van der Waals surface area contributed by atoms with E-state index in [0.717, 1.165) is 0 Å². The Bertz CT molecular complexity index is 462. The average Bonchev–Trinajstić information content (AvgIpc) is 2.28. The van der Waals surface area contributed by atoms with Crippen LogP contribution in [0, 0.1) is 5.92 Å². The number of ether oxygens (including phenoxy) is 1. The molecule has 1 aromatic rings. The van der Waals surface area contributed by atoms with E-state index in [9.17, 15) is 14.7 Å². The molecule has 0 heterocycles. The minimum atomic E-state index is -1.26. The molecule has 1 unspecified atom stereocenters. The van der Waals surface area contributed by atoms with Crippen molar-refractivity contribution in [2.75, 3.05) is 0 Å². The fourth-order valence-electron chi connectivity index (χ4n) is 1.97. The molecule has 0 aliphatic carbocycles. The van der Waals surface area contributed by atoms with E-state index >= 15 is 0 Å². The van der Waals surface area contributed by atoms with Gasteiger partial charge < -0.3 is 9.84 Å². The molecule has 0 amide bonds. The van der Waals surface area contributed by atoms with Gasteiger partial charge in [0.2, 0.25) is 5.60 Å². The molecule has 0 fully saturated rings. The maximum atomic E-state index is 11.4. The van der Waals surface area contributed by atoms with Gasteiger partial charge in [-0.2, -0.15) is 0 Å². The molecule has 0 spiro atoms. The SMILES string of the molecule is CC(=O)c1ccc(OC(C)(CC(C)C)C(=O)O)cc1. The Morgan fingerprint density at radius 3 is 2.16 bits per heavy atom. The van der Waals surface area contributed by atoms with Crippen LogP contribution >= 0.6 is 0 Å². The molecular formula is C15H20O4. The molecule has 0 bridgehead atoms. The molecule has 0 saturated carbocycles. The molecule has 1 rings (SSSR count). The zero-order chi connectivity index (χ0) is 14.6. The van der Waals surface area contributed by atoms with Crippen molar-refractivity contribution >= 4 is 11.8 Å². The highest BCUT2D eigenvalue weighted by Gasteiger charge is 2.36. The summed E-state index contributed by atoms with van der Waals surface area (Å²) in [6.45, 7) is 6.94. The van der Waals surface area contributed by atoms with E-state index in [-0.39, 0.29) is 11.7 Å². The number of rotatable bonds is 6. The van der Waals surface area contributed by atoms with Crippen LogP contribution in [-0.2, 0) is 4.79 Å². The van der Waals surface area contributed by atoms with E-state index in [2.05, 4.69) is 0 Å². The highest BCUT2D eigenvalue weighted by molar-refractivity contribution is 5.94. The molecule has 0 aromatic heterocycles. The summed E-state index contributed by atoms with van der Waals surface area (Å²) < 4.78 is 5.60. The zero-order valence-electron chi connectivity index (χ0n) is 11.8. The van der Waals surface area contributed by atoms with Crippen LogP contribution in [0.25, 0.3) is 0 Å². The Balaban J connectivity index is 2.91. The van der Waals surface area contributed by atoms with Crippen LogP contribution in [0.4, 0.5) is 0 Å². The van der Waals surface area contributed by atoms with Crippen molar-refractivity contribution in [1.29, 1.82) is 0 Å². The highest BCUT2D eigenvalue weighted by Crippen LogP contribution is 2.25. The molecule has 4 heteroatoms. The predicted molar refractivity (Wildman–Crippen MR) is 72.6 cm³/mol. The third kappa shape index (κ3) is 4.09. The van der Waals surface area contributed by atoms with Gasteiger partial charge >= 0.3 is 5.97 Å². The number of carbonyl (C=O) groups excluding carboxylic acids is 1. The lowest BCUT2D eigenvalue weighted by atomic mass is 9.94. The number of benzene rings is 1. The van der Waals surface area contributed by atoms with Gasteiger partial charge in [0.05, 0.1) is 0 Å². The number of Topliss-reactive ketones (excluding diaryl/α,β-unsaturated/α-hetero) is 1. The summed E-state index contributed by atoms with van der Waals surface area (Å²) in [6, 6.07) is 6.52. The van der Waals surface area contributed by atoms with Gasteiger partial charge in [-0.1, -0.05) is 13.8 Å². The summed E-state index contributed by atoms with van der Waals surface area (Å²) in [5.74, 6) is -0.361. The minimum absolute atomic E-state index is 0.0327. The Morgan fingerprint density at radius 2 is 1.79 bits per heavy atom. The van der Waals surface area contributed by atoms with Crippen LogP contribution in [0.2, 0.25) is 0 Å². The fraction of sp³-hybridized carbons (Fsp3) is 0.467. The van der Waals surface area contributed by atoms with Crippen LogP contribution in [-0.4, -0.2) is 22.5 Å². The lowest BCUT2D eigenvalue weighted by Gasteiger charge is -2.28. The van der Waals surface area contributed by atoms with Gasteiger partial charge in [-0.3, -0.25) is 4.79 Å². The van der Waals surface area contributed by atoms with E-state index in [1.54, 1.807) is 31.2 Å². The van der Waals surface area contributed by atoms with Crippen molar-refractivity contribution in [3.8, 4) is 5.75 Å². The van der Waals surface area contributed by atoms with E-state index in [1.165, 1.54) is 6.92 Å². The monoisotopic (exact) mass is 264 g/mol. The lowest BCUT2D eigenvalue weighted by molar-refractivity contribution is -0.155. The van der Waals surface area contributed by atoms with Crippen LogP contribution in [0.1, 0.15) is 44.5 Å². The predicted octanol–water partition coefficient (Wildman–Crippen LogP) is 3.16. The van der Waals surface area contributed by atoms with Gasteiger partial charge in [0.1, 0.15) is 5.75 Å². The largest absolute Gasteiger partial charge is 0.478 e. The number of ketones is 1. The molecule has 0 radical (unpaired) electrons. The summed E-state index contributed by atoms with van der Waals surface area (Å²) in [4.78, 5) is 22.5. The fourth-order valence-corrected chi connectivity index (χ4v) is 1.97. The summed E-state index contributed by atoms with van der Waals surface area (Å²) in [6.07, 6.45) is 0.413. The quantitative estimate of drug-likeness (QED) is 0.802. The van der Waals surface area contributed by atoms with E-state index in [1.807, 2.05) is 13.8 Å². The molecule has 1 atom stereocenters. The first-order valence-electron chi connectivity index (χ1n) is 6.28. The third-order valence-corrected chi connectivity index (χ3v) is 2.85. The van der Waals surface area contributed by atoms with Gasteiger partial charge in [-0.05, 0) is 44.0 Å². The Morgan fingerprint density at radius 1 is 1.26 bits per heavy atom. The van der Waals surface area contributed by atoms with Crippen molar-refractivity contribution < 1.29 is 19.4 Å². The molecule has 0 saturated heterocycles. The molecule has 0 aliphatic rings. The van der Waals surface area contributed by atoms with Crippen LogP contribution in [0.15, 0.2) is 24.3 Å². The summed E-state index contributed by atoms with van der Waals surface area (Å²) in [7, 11) is 0. The number of carbonyl (C=O) groups is 2. The number of carboxylic acids is 1. The van der Waals surface area contributed by atoms with Crippen molar-refractivity contribution in [3.63, 3.8) is 0 Å². The third-order valence-electron chi connectivity index (χ3n) is 2.85. The molecule has 4 nitrogen and oxygen atoms in total. The number of hydrogen-bond donors (Lipinski definition) is 1. The van der Waals surface area contributed by atoms with Crippen LogP contribution in [0.5, 0.6) is 5.75 Å². The smallest absolute Gasteiger partial charge is 0.347 e. The first-order chi connectivity index (χ1) is 8.74. The molecule has 0 aliphatic heterocycles. The first kappa shape index (κ1) is 15.2. The standard InChI is InChI=1S/C15H20O4/c1-10(2)9-15(4,14(17)18)19-13-7-5-12(6-8-13)11(3)16/h5-8,10H,9H2,1-4H3,(H,17,18). The van der Waals surface area contributed by atoms with E-state index in [4.69, 9.17) is 4.74 Å². The minimum Gasteiger partial charge on any atom is -0.478 e. The van der Waals surface area contributed by atoms with Crippen LogP contribution < -0.4 is 4.74 Å². The number of carboxylic acid groups (broad SMARTS) is 1. The van der Waals surface area contributed by atoms with Gasteiger partial charge in [0.15, 0.2) is 5.78 Å². The molecule has 19 heavy (non-hydrogen) atoms. The maximum absolute atomic E-state index is 11.4. The number of aliphatic carboxylic acids is 1. The van der Waals surface area contributed by atoms with Gasteiger partial charge in [0, 0.05) is 12.0 Å². The second-order valence-corrected chi connectivity index (χ2v) is 5.32. The normalized spacial score (nSPS) is 13.9. The van der Waals surface area contributed by atoms with Crippen molar-refractivity contribution in [3.05, 3.63) is 29.8 Å². The Labute approximate surface area is 113 Å². The van der Waals surface area contributed by atoms with Gasteiger partial charge in [0.25, 0.3) is 0 Å². The Kier molecular flexibility index (Phi) is 4.70. The molecule has 1 aromatic carbocycles. The molecular weight excluding hydrogens is 244 g/mol. The second kappa shape index (κ2) is 5.87. The topological polar surface area (TPSA) is 63.6 Å². The Hall–Kier alpha value is -1.84. The van der Waals surface area contributed by atoms with Crippen LogP contribution in [0.3, 0.4) is 0 Å².